The number of rotatable bonds is 6. The highest BCUT2D eigenvalue weighted by Gasteiger charge is 2.43. The first-order valence-electron chi connectivity index (χ1n) is 12.9. The molecular formula is C29H22F3N5O6. The van der Waals surface area contributed by atoms with Crippen LogP contribution in [0, 0.1) is 6.92 Å². The second-order valence-corrected chi connectivity index (χ2v) is 9.73. The Morgan fingerprint density at radius 1 is 1.14 bits per heavy atom. The van der Waals surface area contributed by atoms with E-state index in [0.717, 1.165) is 10.9 Å². The number of alkyl halides is 3. The average molecular weight is 594 g/mol. The molecule has 43 heavy (non-hydrogen) atoms. The van der Waals surface area contributed by atoms with Gasteiger partial charge in [-0.25, -0.2) is 19.4 Å². The highest BCUT2D eigenvalue weighted by atomic mass is 19.4. The number of aromatic carboxylic acids is 1. The molecule has 0 aliphatic carbocycles. The molecule has 14 heteroatoms. The summed E-state index contributed by atoms with van der Waals surface area (Å²) in [5.41, 5.74) is 0.595. The first kappa shape index (κ1) is 27.9. The molecule has 220 valence electrons. The summed E-state index contributed by atoms with van der Waals surface area (Å²) in [4.78, 5) is 34.1. The fourth-order valence-corrected chi connectivity index (χ4v) is 4.86. The van der Waals surface area contributed by atoms with Crippen LogP contribution in [0.25, 0.3) is 16.8 Å². The highest BCUT2D eigenvalue weighted by molar-refractivity contribution is 6.06. The molecule has 0 bridgehead atoms. The molecule has 11 nitrogen and oxygen atoms in total. The summed E-state index contributed by atoms with van der Waals surface area (Å²) in [7, 11) is 1.57. The molecule has 1 amide bonds. The van der Waals surface area contributed by atoms with Crippen LogP contribution in [-0.2, 0) is 17.5 Å². The van der Waals surface area contributed by atoms with Gasteiger partial charge in [0.25, 0.3) is 5.91 Å². The number of carboxylic acids is 1. The van der Waals surface area contributed by atoms with Crippen molar-refractivity contribution in [3.8, 4) is 11.4 Å². The first-order valence-corrected chi connectivity index (χ1v) is 12.9. The number of aryl methyl sites for hydroxylation is 1. The summed E-state index contributed by atoms with van der Waals surface area (Å²) in [5.74, 6) is -1.06. The van der Waals surface area contributed by atoms with Crippen molar-refractivity contribution >= 4 is 28.7 Å². The number of oxazole rings is 1. The topological polar surface area (TPSA) is 133 Å². The van der Waals surface area contributed by atoms with E-state index in [0.29, 0.717) is 22.7 Å². The molecular weight excluding hydrogens is 571 g/mol. The smallest absolute Gasteiger partial charge is 0.435 e. The van der Waals surface area contributed by atoms with Crippen molar-refractivity contribution in [2.75, 3.05) is 18.6 Å². The summed E-state index contributed by atoms with van der Waals surface area (Å²) in [6.07, 6.45) is -4.68. The number of pyridine rings is 1. The quantitative estimate of drug-likeness (QED) is 0.276. The minimum atomic E-state index is -4.80. The Bertz CT molecular complexity index is 1870. The fraction of sp³-hybridized carbons (Fsp3) is 0.207. The van der Waals surface area contributed by atoms with Crippen LogP contribution >= 0.6 is 0 Å². The van der Waals surface area contributed by atoms with Crippen LogP contribution in [0.2, 0.25) is 0 Å². The fourth-order valence-electron chi connectivity index (χ4n) is 4.86. The molecule has 3 aromatic heterocycles. The van der Waals surface area contributed by atoms with Crippen LogP contribution in [0.4, 0.5) is 18.9 Å². The number of hydrogen-bond donors (Lipinski definition) is 1. The lowest BCUT2D eigenvalue weighted by Gasteiger charge is -2.26. The number of ether oxygens (including phenoxy) is 2. The van der Waals surface area contributed by atoms with E-state index < -0.39 is 29.9 Å². The van der Waals surface area contributed by atoms with E-state index in [4.69, 9.17) is 19.0 Å². The summed E-state index contributed by atoms with van der Waals surface area (Å²) >= 11 is 0. The lowest BCUT2D eigenvalue weighted by molar-refractivity contribution is -0.143. The molecule has 0 radical (unpaired) electrons. The maximum absolute atomic E-state index is 14.1. The maximum Gasteiger partial charge on any atom is 0.435 e. The van der Waals surface area contributed by atoms with Crippen LogP contribution < -0.4 is 9.64 Å². The van der Waals surface area contributed by atoms with E-state index in [-0.39, 0.29) is 47.2 Å². The van der Waals surface area contributed by atoms with Crippen molar-refractivity contribution in [2.45, 2.75) is 25.8 Å². The van der Waals surface area contributed by atoms with Crippen LogP contribution in [0.1, 0.15) is 49.8 Å². The minimum absolute atomic E-state index is 0.0879. The molecule has 4 heterocycles. The van der Waals surface area contributed by atoms with Crippen molar-refractivity contribution in [1.29, 1.82) is 0 Å². The third-order valence-corrected chi connectivity index (χ3v) is 6.85. The number of hydrogen-bond acceptors (Lipinski definition) is 8. The van der Waals surface area contributed by atoms with Crippen molar-refractivity contribution in [3.63, 3.8) is 0 Å². The number of carboxylic acid groups (broad SMARTS) is 1. The zero-order chi connectivity index (χ0) is 30.5. The van der Waals surface area contributed by atoms with Crippen molar-refractivity contribution < 1.29 is 41.8 Å². The summed E-state index contributed by atoms with van der Waals surface area (Å²) in [5, 5.41) is 13.0. The van der Waals surface area contributed by atoms with E-state index in [1.165, 1.54) is 29.2 Å². The number of carbonyl (C=O) groups excluding carboxylic acids is 1. The predicted molar refractivity (Wildman–Crippen MR) is 144 cm³/mol. The second kappa shape index (κ2) is 10.5. The Morgan fingerprint density at radius 3 is 2.67 bits per heavy atom. The number of halogens is 3. The standard InChI is InChI=1S/C29H22F3N5O6/c1-15-34-21-8-6-17(11-23(21)42-15)36(2)27(38)16-4-3-5-18(10-16)37-25-20(26(35-37)29(30,31)32)13-41-14-24(25)43-19-7-9-22(28(39)40)33-12-19/h3-12,24H,13-14H2,1-2H3,(H,39,40). The zero-order valence-corrected chi connectivity index (χ0v) is 22.6. The lowest BCUT2D eigenvalue weighted by atomic mass is 10.1. The molecule has 1 atom stereocenters. The van der Waals surface area contributed by atoms with Gasteiger partial charge in [0.15, 0.2) is 23.3 Å². The summed E-state index contributed by atoms with van der Waals surface area (Å²) < 4.78 is 60.3. The molecule has 5 aromatic rings. The number of benzene rings is 2. The Morgan fingerprint density at radius 2 is 1.95 bits per heavy atom. The Kier molecular flexibility index (Phi) is 6.85. The van der Waals surface area contributed by atoms with Crippen LogP contribution in [0.5, 0.6) is 5.75 Å². The summed E-state index contributed by atoms with van der Waals surface area (Å²) in [6.45, 7) is 1.25. The predicted octanol–water partition coefficient (Wildman–Crippen LogP) is 5.36. The number of anilines is 1. The number of amides is 1. The zero-order valence-electron chi connectivity index (χ0n) is 22.6. The van der Waals surface area contributed by atoms with E-state index in [9.17, 15) is 22.8 Å². The SMILES string of the molecule is Cc1nc2ccc(N(C)C(=O)c3cccc(-n4nc(C(F)(F)F)c5c4C(Oc4ccc(C(=O)O)nc4)COC5)c3)cc2o1. The van der Waals surface area contributed by atoms with Crippen LogP contribution in [0.15, 0.2) is 65.2 Å². The van der Waals surface area contributed by atoms with Gasteiger partial charge in [-0.1, -0.05) is 6.07 Å². The average Bonchev–Trinajstić information content (AvgIpc) is 3.57. The van der Waals surface area contributed by atoms with Crippen LogP contribution in [0.3, 0.4) is 0 Å². The Hall–Kier alpha value is -5.24. The van der Waals surface area contributed by atoms with Gasteiger partial charge >= 0.3 is 12.1 Å². The maximum atomic E-state index is 14.1. The molecule has 0 saturated heterocycles. The van der Waals surface area contributed by atoms with Gasteiger partial charge in [0.05, 0.1) is 30.8 Å². The molecule has 0 fully saturated rings. The lowest BCUT2D eigenvalue weighted by Crippen LogP contribution is -2.26. The molecule has 1 N–H and O–H groups in total. The number of aromatic nitrogens is 4. The molecule has 0 spiro atoms. The third-order valence-electron chi connectivity index (χ3n) is 6.85. The largest absolute Gasteiger partial charge is 0.480 e. The van der Waals surface area contributed by atoms with Gasteiger partial charge in [0.1, 0.15) is 17.0 Å². The summed E-state index contributed by atoms with van der Waals surface area (Å²) in [6, 6.07) is 13.8. The number of nitrogens with zero attached hydrogens (tertiary/aromatic N) is 5. The monoisotopic (exact) mass is 593 g/mol. The van der Waals surface area contributed by atoms with Crippen molar-refractivity contribution in [2.24, 2.45) is 0 Å². The van der Waals surface area contributed by atoms with E-state index >= 15 is 0 Å². The van der Waals surface area contributed by atoms with Gasteiger partial charge in [-0.15, -0.1) is 0 Å². The molecule has 1 unspecified atom stereocenters. The number of carbonyl (C=O) groups is 2. The molecule has 2 aromatic carbocycles. The van der Waals surface area contributed by atoms with Gasteiger partial charge in [0.2, 0.25) is 0 Å². The van der Waals surface area contributed by atoms with E-state index in [2.05, 4.69) is 15.1 Å². The Balaban J connectivity index is 1.37. The third kappa shape index (κ3) is 5.28. The van der Waals surface area contributed by atoms with Gasteiger partial charge in [0, 0.05) is 36.9 Å². The van der Waals surface area contributed by atoms with E-state index in [1.54, 1.807) is 44.3 Å². The van der Waals surface area contributed by atoms with Gasteiger partial charge in [-0.2, -0.15) is 18.3 Å². The first-order chi connectivity index (χ1) is 20.5. The molecule has 1 aliphatic rings. The van der Waals surface area contributed by atoms with Crippen LogP contribution in [-0.4, -0.2) is 50.4 Å². The van der Waals surface area contributed by atoms with Crippen molar-refractivity contribution in [1.82, 2.24) is 19.7 Å². The number of fused-ring (bicyclic) bond motifs is 2. The van der Waals surface area contributed by atoms with Crippen molar-refractivity contribution in [3.05, 3.63) is 94.9 Å². The highest BCUT2D eigenvalue weighted by Crippen LogP contribution is 2.39. The van der Waals surface area contributed by atoms with Gasteiger partial charge < -0.3 is 23.9 Å². The molecule has 6 rings (SSSR count). The molecule has 0 saturated carbocycles. The molecule has 1 aliphatic heterocycles. The second-order valence-electron chi connectivity index (χ2n) is 9.73. The van der Waals surface area contributed by atoms with E-state index in [1.807, 2.05) is 0 Å². The van der Waals surface area contributed by atoms with Gasteiger partial charge in [-0.05, 0) is 42.5 Å². The minimum Gasteiger partial charge on any atom is -0.480 e. The normalized spacial score (nSPS) is 14.9. The Labute approximate surface area is 241 Å². The van der Waals surface area contributed by atoms with Gasteiger partial charge in [-0.3, -0.25) is 4.79 Å².